The molecule has 5 rings (SSSR count). The van der Waals surface area contributed by atoms with Crippen molar-refractivity contribution in [2.45, 2.75) is 36.7 Å². The topological polar surface area (TPSA) is 75.0 Å². The maximum atomic E-state index is 6.15. The van der Waals surface area contributed by atoms with Crippen LogP contribution in [0.25, 0.3) is 10.2 Å². The molecule has 0 fully saturated rings. The molecule has 0 amide bonds. The summed E-state index contributed by atoms with van der Waals surface area (Å²) in [6.45, 7) is 9.03. The molecule has 0 spiro atoms. The Hall–Kier alpha value is -2.91. The summed E-state index contributed by atoms with van der Waals surface area (Å²) in [6, 6.07) is 7.64. The first-order chi connectivity index (χ1) is 14.7. The summed E-state index contributed by atoms with van der Waals surface area (Å²) in [7, 11) is 0. The van der Waals surface area contributed by atoms with E-state index in [2.05, 4.69) is 40.6 Å². The Morgan fingerprint density at radius 3 is 2.90 bits per heavy atom. The fourth-order valence-corrected chi connectivity index (χ4v) is 5.42. The number of aromatic nitrogens is 5. The molecule has 1 atom stereocenters. The summed E-state index contributed by atoms with van der Waals surface area (Å²) in [5.41, 5.74) is 1.20. The number of benzene rings is 1. The Kier molecular flexibility index (Phi) is 4.92. The molecule has 0 N–H and O–H groups in total. The van der Waals surface area contributed by atoms with Gasteiger partial charge in [0.15, 0.2) is 28.6 Å². The number of nitrogens with zero attached hydrogens (tertiary/aromatic N) is 5. The smallest absolute Gasteiger partial charge is 0.197 e. The van der Waals surface area contributed by atoms with Gasteiger partial charge in [-0.3, -0.25) is 4.57 Å². The van der Waals surface area contributed by atoms with E-state index in [9.17, 15) is 0 Å². The molecule has 152 valence electrons. The van der Waals surface area contributed by atoms with Crippen LogP contribution in [0.2, 0.25) is 0 Å². The van der Waals surface area contributed by atoms with Crippen molar-refractivity contribution in [3.8, 4) is 11.5 Å². The molecule has 0 unspecified atom stereocenters. The summed E-state index contributed by atoms with van der Waals surface area (Å²) < 4.78 is 14.0. The highest BCUT2D eigenvalue weighted by atomic mass is 32.2. The number of para-hydroxylation sites is 2. The number of aryl methyl sites for hydroxylation is 2. The van der Waals surface area contributed by atoms with Gasteiger partial charge in [0.05, 0.1) is 0 Å². The summed E-state index contributed by atoms with van der Waals surface area (Å²) in [5.74, 6) is 2.15. The third-order valence-electron chi connectivity index (χ3n) is 4.97. The van der Waals surface area contributed by atoms with Gasteiger partial charge in [0, 0.05) is 16.8 Å². The monoisotopic (exact) mass is 437 g/mol. The predicted octanol–water partition coefficient (Wildman–Crippen LogP) is 4.75. The van der Waals surface area contributed by atoms with Crippen LogP contribution in [0.1, 0.15) is 22.4 Å². The number of hydrogen-bond acceptors (Lipinski definition) is 8. The highest BCUT2D eigenvalue weighted by Crippen LogP contribution is 2.39. The first kappa shape index (κ1) is 19.1. The van der Waals surface area contributed by atoms with E-state index in [1.54, 1.807) is 17.7 Å². The summed E-state index contributed by atoms with van der Waals surface area (Å²) in [6.07, 6.45) is 3.08. The van der Waals surface area contributed by atoms with Crippen molar-refractivity contribution in [1.82, 2.24) is 24.7 Å². The molecule has 9 heteroatoms. The van der Waals surface area contributed by atoms with Crippen LogP contribution in [-0.2, 0) is 6.54 Å². The van der Waals surface area contributed by atoms with Gasteiger partial charge in [-0.1, -0.05) is 18.2 Å². The van der Waals surface area contributed by atoms with E-state index in [4.69, 9.17) is 9.47 Å². The Bertz CT molecular complexity index is 1250. The largest absolute Gasteiger partial charge is 0.485 e. The number of ether oxygens (including phenoxy) is 2. The number of hydrogen-bond donors (Lipinski definition) is 0. The van der Waals surface area contributed by atoms with Gasteiger partial charge in [0.1, 0.15) is 22.8 Å². The summed E-state index contributed by atoms with van der Waals surface area (Å²) in [5, 5.41) is 11.6. The lowest BCUT2D eigenvalue weighted by molar-refractivity contribution is 0.0821. The van der Waals surface area contributed by atoms with E-state index < -0.39 is 0 Å². The number of thiophene rings is 1. The van der Waals surface area contributed by atoms with Crippen LogP contribution in [0.15, 0.2) is 53.4 Å². The molecule has 1 aromatic carbocycles. The van der Waals surface area contributed by atoms with Gasteiger partial charge in [-0.2, -0.15) is 0 Å². The highest BCUT2D eigenvalue weighted by Gasteiger charge is 2.29. The number of rotatable bonds is 5. The van der Waals surface area contributed by atoms with E-state index in [1.807, 2.05) is 34.9 Å². The third-order valence-corrected chi connectivity index (χ3v) is 7.07. The predicted molar refractivity (Wildman–Crippen MR) is 117 cm³/mol. The SMILES string of the molecule is C=CCn1c(Sc2ncnc3sc(C)c(C)c23)nnc1[C@@H]1COc2ccccc2O1. The zero-order chi connectivity index (χ0) is 20.7. The summed E-state index contributed by atoms with van der Waals surface area (Å²) >= 11 is 3.16. The minimum Gasteiger partial charge on any atom is -0.485 e. The van der Waals surface area contributed by atoms with Crippen molar-refractivity contribution < 1.29 is 9.47 Å². The first-order valence-electron chi connectivity index (χ1n) is 9.46. The fraction of sp³-hybridized carbons (Fsp3) is 0.238. The van der Waals surface area contributed by atoms with E-state index in [-0.39, 0.29) is 6.10 Å². The van der Waals surface area contributed by atoms with Crippen LogP contribution in [0, 0.1) is 13.8 Å². The Balaban J connectivity index is 1.51. The van der Waals surface area contributed by atoms with Crippen molar-refractivity contribution in [3.05, 3.63) is 59.5 Å². The molecule has 0 saturated heterocycles. The van der Waals surface area contributed by atoms with Crippen LogP contribution in [-0.4, -0.2) is 31.3 Å². The van der Waals surface area contributed by atoms with Crippen LogP contribution in [0.3, 0.4) is 0 Å². The maximum Gasteiger partial charge on any atom is 0.197 e. The second-order valence-electron chi connectivity index (χ2n) is 6.85. The minimum absolute atomic E-state index is 0.350. The van der Waals surface area contributed by atoms with Crippen LogP contribution in [0.4, 0.5) is 0 Å². The van der Waals surface area contributed by atoms with Gasteiger partial charge in [-0.25, -0.2) is 9.97 Å². The normalized spacial score (nSPS) is 15.5. The third kappa shape index (κ3) is 3.23. The Morgan fingerprint density at radius 2 is 2.07 bits per heavy atom. The van der Waals surface area contributed by atoms with Crippen LogP contribution < -0.4 is 9.47 Å². The van der Waals surface area contributed by atoms with E-state index in [0.717, 1.165) is 26.1 Å². The van der Waals surface area contributed by atoms with Gasteiger partial charge in [-0.05, 0) is 43.3 Å². The van der Waals surface area contributed by atoms with Gasteiger partial charge in [0.25, 0.3) is 0 Å². The summed E-state index contributed by atoms with van der Waals surface area (Å²) in [4.78, 5) is 11.2. The molecule has 4 aromatic rings. The fourth-order valence-electron chi connectivity index (χ4n) is 3.38. The van der Waals surface area contributed by atoms with Crippen LogP contribution in [0.5, 0.6) is 11.5 Å². The lowest BCUT2D eigenvalue weighted by Crippen LogP contribution is -2.25. The molecule has 4 heterocycles. The van der Waals surface area contributed by atoms with Gasteiger partial charge in [-0.15, -0.1) is 28.1 Å². The van der Waals surface area contributed by atoms with Crippen molar-refractivity contribution in [2.75, 3.05) is 6.61 Å². The molecule has 1 aliphatic heterocycles. The average molecular weight is 438 g/mol. The second kappa shape index (κ2) is 7.73. The van der Waals surface area contributed by atoms with Crippen molar-refractivity contribution in [3.63, 3.8) is 0 Å². The average Bonchev–Trinajstić information content (AvgIpc) is 3.29. The van der Waals surface area contributed by atoms with Gasteiger partial charge >= 0.3 is 0 Å². The molecule has 0 radical (unpaired) electrons. The first-order valence-corrected chi connectivity index (χ1v) is 11.1. The van der Waals surface area contributed by atoms with Crippen LogP contribution >= 0.6 is 23.1 Å². The molecule has 0 bridgehead atoms. The van der Waals surface area contributed by atoms with E-state index >= 15 is 0 Å². The lowest BCUT2D eigenvalue weighted by atomic mass is 10.2. The standard InChI is InChI=1S/C21H19N5O2S2/c1-4-9-26-18(16-10-27-14-7-5-6-8-15(14)28-16)24-25-21(26)30-20-17-12(2)13(3)29-19(17)22-11-23-20/h4-8,11,16H,1,9-10H2,2-3H3/t16-/m0/s1. The second-order valence-corrected chi connectivity index (χ2v) is 9.01. The van der Waals surface area contributed by atoms with Gasteiger partial charge in [0.2, 0.25) is 0 Å². The molecule has 1 aliphatic rings. The van der Waals surface area contributed by atoms with Crippen molar-refractivity contribution in [2.24, 2.45) is 0 Å². The van der Waals surface area contributed by atoms with Crippen molar-refractivity contribution in [1.29, 1.82) is 0 Å². The Labute approximate surface area is 181 Å². The molecule has 30 heavy (non-hydrogen) atoms. The zero-order valence-electron chi connectivity index (χ0n) is 16.5. The highest BCUT2D eigenvalue weighted by molar-refractivity contribution is 7.99. The molecule has 0 aliphatic carbocycles. The van der Waals surface area contributed by atoms with Crippen molar-refractivity contribution >= 4 is 33.3 Å². The Morgan fingerprint density at radius 1 is 1.23 bits per heavy atom. The number of allylic oxidation sites excluding steroid dienone is 1. The molecular formula is C21H19N5O2S2. The molecule has 7 nitrogen and oxygen atoms in total. The molecule has 3 aromatic heterocycles. The minimum atomic E-state index is -0.350. The molecular weight excluding hydrogens is 418 g/mol. The lowest BCUT2D eigenvalue weighted by Gasteiger charge is -2.26. The molecule has 0 saturated carbocycles. The zero-order valence-corrected chi connectivity index (χ0v) is 18.2. The van der Waals surface area contributed by atoms with E-state index in [1.165, 1.54) is 22.2 Å². The quantitative estimate of drug-likeness (QED) is 0.329. The maximum absolute atomic E-state index is 6.15. The van der Waals surface area contributed by atoms with E-state index in [0.29, 0.717) is 24.7 Å². The number of fused-ring (bicyclic) bond motifs is 2. The van der Waals surface area contributed by atoms with Gasteiger partial charge < -0.3 is 9.47 Å².